The predicted octanol–water partition coefficient (Wildman–Crippen LogP) is 5.16. The quantitative estimate of drug-likeness (QED) is 0.340. The van der Waals surface area contributed by atoms with Gasteiger partial charge in [-0.25, -0.2) is 14.6 Å². The third-order valence-corrected chi connectivity index (χ3v) is 5.54. The molecule has 2 aromatic heterocycles. The van der Waals surface area contributed by atoms with Crippen LogP contribution in [0.4, 0.5) is 5.69 Å². The van der Waals surface area contributed by atoms with Crippen molar-refractivity contribution >= 4 is 57.6 Å². The topological polar surface area (TPSA) is 72.7 Å². The number of thioether (sulfide) groups is 1. The van der Waals surface area contributed by atoms with Gasteiger partial charge >= 0.3 is 0 Å². The van der Waals surface area contributed by atoms with Crippen LogP contribution in [0.15, 0.2) is 60.0 Å². The first-order chi connectivity index (χ1) is 14.0. The molecule has 2 heterocycles. The number of fused-ring (bicyclic) bond motifs is 1. The van der Waals surface area contributed by atoms with Crippen LogP contribution in [0.3, 0.4) is 0 Å². The lowest BCUT2D eigenvalue weighted by Crippen LogP contribution is -2.14. The van der Waals surface area contributed by atoms with Gasteiger partial charge in [-0.05, 0) is 37.3 Å². The van der Waals surface area contributed by atoms with Crippen LogP contribution in [-0.4, -0.2) is 31.4 Å². The van der Waals surface area contributed by atoms with Gasteiger partial charge in [0, 0.05) is 15.7 Å². The molecule has 0 fully saturated rings. The van der Waals surface area contributed by atoms with Crippen LogP contribution in [0.2, 0.25) is 10.0 Å². The van der Waals surface area contributed by atoms with E-state index in [1.807, 2.05) is 31.2 Å². The number of hydrogen-bond donors (Lipinski definition) is 1. The monoisotopic (exact) mass is 443 g/mol. The predicted molar refractivity (Wildman–Crippen MR) is 117 cm³/mol. The molecule has 0 radical (unpaired) electrons. The summed E-state index contributed by atoms with van der Waals surface area (Å²) >= 11 is 13.2. The molecule has 9 heteroatoms. The van der Waals surface area contributed by atoms with Gasteiger partial charge < -0.3 is 5.32 Å². The number of anilines is 1. The number of aromatic nitrogens is 4. The van der Waals surface area contributed by atoms with Crippen LogP contribution in [0.5, 0.6) is 0 Å². The van der Waals surface area contributed by atoms with Gasteiger partial charge in [-0.3, -0.25) is 4.79 Å². The molecular weight excluding hydrogens is 429 g/mol. The van der Waals surface area contributed by atoms with E-state index in [0.29, 0.717) is 26.4 Å². The van der Waals surface area contributed by atoms with Gasteiger partial charge in [-0.2, -0.15) is 5.10 Å². The number of carbonyl (C=O) groups excluding carboxylic acids is 1. The fourth-order valence-corrected chi connectivity index (χ4v) is 4.06. The Hall–Kier alpha value is -2.61. The van der Waals surface area contributed by atoms with Crippen molar-refractivity contribution in [2.45, 2.75) is 11.9 Å². The SMILES string of the molecule is Cc1ccc(-n2ncc3c(SCC(=O)Nc4cc(Cl)cc(Cl)c4)ncnc32)cc1. The van der Waals surface area contributed by atoms with Gasteiger partial charge in [-0.15, -0.1) is 0 Å². The van der Waals surface area contributed by atoms with Gasteiger partial charge in [-0.1, -0.05) is 52.7 Å². The highest BCUT2D eigenvalue weighted by Crippen LogP contribution is 2.27. The van der Waals surface area contributed by atoms with E-state index in [4.69, 9.17) is 23.2 Å². The van der Waals surface area contributed by atoms with E-state index in [9.17, 15) is 4.79 Å². The number of rotatable bonds is 5. The second-order valence-corrected chi connectivity index (χ2v) is 8.14. The van der Waals surface area contributed by atoms with Crippen molar-refractivity contribution in [3.63, 3.8) is 0 Å². The van der Waals surface area contributed by atoms with Crippen LogP contribution in [0.25, 0.3) is 16.7 Å². The van der Waals surface area contributed by atoms with E-state index in [0.717, 1.165) is 11.1 Å². The van der Waals surface area contributed by atoms with Crippen molar-refractivity contribution in [1.82, 2.24) is 19.7 Å². The summed E-state index contributed by atoms with van der Waals surface area (Å²) in [6, 6.07) is 12.9. The molecule has 0 saturated carbocycles. The van der Waals surface area contributed by atoms with Crippen molar-refractivity contribution < 1.29 is 4.79 Å². The maximum absolute atomic E-state index is 12.3. The number of carbonyl (C=O) groups is 1. The lowest BCUT2D eigenvalue weighted by atomic mass is 10.2. The van der Waals surface area contributed by atoms with E-state index < -0.39 is 0 Å². The van der Waals surface area contributed by atoms with Crippen molar-refractivity contribution in [3.05, 3.63) is 70.6 Å². The van der Waals surface area contributed by atoms with Gasteiger partial charge in [0.25, 0.3) is 0 Å². The van der Waals surface area contributed by atoms with Crippen molar-refractivity contribution in [1.29, 1.82) is 0 Å². The van der Waals surface area contributed by atoms with Gasteiger partial charge in [0.15, 0.2) is 5.65 Å². The lowest BCUT2D eigenvalue weighted by Gasteiger charge is -2.07. The summed E-state index contributed by atoms with van der Waals surface area (Å²) in [4.78, 5) is 21.0. The molecule has 0 unspecified atom stereocenters. The molecule has 6 nitrogen and oxygen atoms in total. The number of nitrogens with zero attached hydrogens (tertiary/aromatic N) is 4. The average Bonchev–Trinajstić information content (AvgIpc) is 3.11. The fraction of sp³-hybridized carbons (Fsp3) is 0.100. The van der Waals surface area contributed by atoms with Gasteiger partial charge in [0.05, 0.1) is 23.0 Å². The molecule has 0 aliphatic carbocycles. The Balaban J connectivity index is 1.51. The van der Waals surface area contributed by atoms with Crippen LogP contribution < -0.4 is 5.32 Å². The molecule has 0 spiro atoms. The van der Waals surface area contributed by atoms with E-state index >= 15 is 0 Å². The first-order valence-electron chi connectivity index (χ1n) is 8.64. The lowest BCUT2D eigenvalue weighted by molar-refractivity contribution is -0.113. The molecule has 1 N–H and O–H groups in total. The molecule has 146 valence electrons. The van der Waals surface area contributed by atoms with Crippen LogP contribution in [0, 0.1) is 6.92 Å². The minimum atomic E-state index is -0.189. The highest BCUT2D eigenvalue weighted by Gasteiger charge is 2.13. The number of benzene rings is 2. The summed E-state index contributed by atoms with van der Waals surface area (Å²) in [7, 11) is 0. The Morgan fingerprint density at radius 1 is 1.10 bits per heavy atom. The fourth-order valence-electron chi connectivity index (χ4n) is 2.77. The van der Waals surface area contributed by atoms with Crippen molar-refractivity contribution in [2.75, 3.05) is 11.1 Å². The van der Waals surface area contributed by atoms with Gasteiger partial charge in [0.1, 0.15) is 11.4 Å². The summed E-state index contributed by atoms with van der Waals surface area (Å²) in [5, 5.41) is 9.62. The molecule has 0 bridgehead atoms. The smallest absolute Gasteiger partial charge is 0.234 e. The number of hydrogen-bond acceptors (Lipinski definition) is 5. The van der Waals surface area contributed by atoms with Crippen LogP contribution >= 0.6 is 35.0 Å². The molecule has 4 aromatic rings. The molecule has 4 rings (SSSR count). The number of nitrogens with one attached hydrogen (secondary N) is 1. The maximum Gasteiger partial charge on any atom is 0.234 e. The highest BCUT2D eigenvalue weighted by molar-refractivity contribution is 8.00. The minimum absolute atomic E-state index is 0.173. The largest absolute Gasteiger partial charge is 0.325 e. The first-order valence-corrected chi connectivity index (χ1v) is 10.4. The third kappa shape index (κ3) is 4.53. The Morgan fingerprint density at radius 3 is 2.55 bits per heavy atom. The second kappa shape index (κ2) is 8.41. The molecule has 2 aromatic carbocycles. The van der Waals surface area contributed by atoms with Crippen LogP contribution in [0.1, 0.15) is 5.56 Å². The minimum Gasteiger partial charge on any atom is -0.325 e. The Labute approximate surface area is 181 Å². The van der Waals surface area contributed by atoms with E-state index in [1.54, 1.807) is 29.1 Å². The molecule has 0 aliphatic heterocycles. The zero-order valence-electron chi connectivity index (χ0n) is 15.3. The molecular formula is C20H15Cl2N5OS. The first kappa shape index (κ1) is 19.7. The zero-order valence-corrected chi connectivity index (χ0v) is 17.6. The zero-order chi connectivity index (χ0) is 20.4. The summed E-state index contributed by atoms with van der Waals surface area (Å²) in [5.41, 5.74) is 3.32. The van der Waals surface area contributed by atoms with Crippen molar-refractivity contribution in [2.24, 2.45) is 0 Å². The summed E-state index contributed by atoms with van der Waals surface area (Å²) in [5.74, 6) is -0.0163. The Bertz CT molecular complexity index is 1170. The molecule has 0 atom stereocenters. The average molecular weight is 444 g/mol. The number of aryl methyl sites for hydroxylation is 1. The summed E-state index contributed by atoms with van der Waals surface area (Å²) < 4.78 is 1.76. The second-order valence-electron chi connectivity index (χ2n) is 6.30. The van der Waals surface area contributed by atoms with E-state index in [1.165, 1.54) is 23.7 Å². The Kier molecular flexibility index (Phi) is 5.71. The molecule has 0 saturated heterocycles. The molecule has 1 amide bonds. The van der Waals surface area contributed by atoms with Gasteiger partial charge in [0.2, 0.25) is 5.91 Å². The molecule has 0 aliphatic rings. The van der Waals surface area contributed by atoms with E-state index in [-0.39, 0.29) is 11.7 Å². The van der Waals surface area contributed by atoms with Crippen LogP contribution in [-0.2, 0) is 4.79 Å². The van der Waals surface area contributed by atoms with Crippen molar-refractivity contribution in [3.8, 4) is 5.69 Å². The summed E-state index contributed by atoms with van der Waals surface area (Å²) in [6.45, 7) is 2.03. The summed E-state index contributed by atoms with van der Waals surface area (Å²) in [6.07, 6.45) is 3.19. The number of amides is 1. The standard InChI is InChI=1S/C20H15Cl2N5OS/c1-12-2-4-16(5-3-12)27-19-17(9-25-27)20(24-11-23-19)29-10-18(28)26-15-7-13(21)6-14(22)8-15/h2-9,11H,10H2,1H3,(H,26,28). The highest BCUT2D eigenvalue weighted by atomic mass is 35.5. The normalized spacial score (nSPS) is 11.0. The molecule has 29 heavy (non-hydrogen) atoms. The third-order valence-electron chi connectivity index (χ3n) is 4.09. The van der Waals surface area contributed by atoms with E-state index in [2.05, 4.69) is 20.4 Å². The number of halogens is 2. The Morgan fingerprint density at radius 2 is 1.83 bits per heavy atom. The maximum atomic E-state index is 12.3.